The van der Waals surface area contributed by atoms with Gasteiger partial charge in [0.1, 0.15) is 23.0 Å². The highest BCUT2D eigenvalue weighted by Crippen LogP contribution is 2.37. The van der Waals surface area contributed by atoms with Crippen molar-refractivity contribution < 1.29 is 47.6 Å². The minimum absolute atomic E-state index is 0.191. The van der Waals surface area contributed by atoms with Crippen LogP contribution in [-0.2, 0) is 19.1 Å². The lowest BCUT2D eigenvalue weighted by molar-refractivity contribution is -0.138. The number of fused-ring (bicyclic) bond motifs is 2. The molecule has 0 saturated carbocycles. The Morgan fingerprint density at radius 3 is 1.73 bits per heavy atom. The van der Waals surface area contributed by atoms with Crippen molar-refractivity contribution in [2.45, 2.75) is 51.4 Å². The van der Waals surface area contributed by atoms with E-state index in [1.165, 1.54) is 17.6 Å². The number of nitrogens with one attached hydrogen (secondary N) is 1. The van der Waals surface area contributed by atoms with E-state index < -0.39 is 23.9 Å². The summed E-state index contributed by atoms with van der Waals surface area (Å²) in [6, 6.07) is 22.0. The van der Waals surface area contributed by atoms with Crippen LogP contribution in [0.3, 0.4) is 0 Å². The van der Waals surface area contributed by atoms with Crippen LogP contribution in [0.4, 0.5) is 5.13 Å². The van der Waals surface area contributed by atoms with Gasteiger partial charge in [-0.3, -0.25) is 5.43 Å². The zero-order valence-electron chi connectivity index (χ0n) is 35.1. The normalized spacial score (nSPS) is 10.9. The number of hydrogen-bond acceptors (Lipinski definition) is 16. The van der Waals surface area contributed by atoms with Crippen molar-refractivity contribution in [3.63, 3.8) is 0 Å². The molecule has 0 aliphatic carbocycles. The molecule has 1 N–H and O–H groups in total. The van der Waals surface area contributed by atoms with Gasteiger partial charge >= 0.3 is 23.9 Å². The molecule has 4 aromatic carbocycles. The van der Waals surface area contributed by atoms with E-state index in [2.05, 4.69) is 38.6 Å². The second-order valence-corrected chi connectivity index (χ2v) is 15.0. The summed E-state index contributed by atoms with van der Waals surface area (Å²) in [5.41, 5.74) is 4.28. The number of hydrogen-bond donors (Lipinski definition) is 1. The summed E-state index contributed by atoms with van der Waals surface area (Å²) in [6.45, 7) is 8.47. The van der Waals surface area contributed by atoms with Gasteiger partial charge in [-0.2, -0.15) is 10.1 Å². The molecule has 0 aliphatic heterocycles. The molecule has 0 unspecified atom stereocenters. The van der Waals surface area contributed by atoms with Crippen molar-refractivity contribution in [3.8, 4) is 23.0 Å². The Morgan fingerprint density at radius 1 is 0.641 bits per heavy atom. The highest BCUT2D eigenvalue weighted by molar-refractivity contribution is 7.21. The second-order valence-electron chi connectivity index (χ2n) is 14.0. The number of unbranched alkanes of at least 4 members (excludes halogenated alkanes) is 6. The van der Waals surface area contributed by atoms with Gasteiger partial charge in [-0.1, -0.05) is 48.8 Å². The fourth-order valence-electron chi connectivity index (χ4n) is 6.16. The van der Waals surface area contributed by atoms with E-state index in [0.29, 0.717) is 75.4 Å². The van der Waals surface area contributed by atoms with Crippen LogP contribution < -0.4 is 24.4 Å². The summed E-state index contributed by atoms with van der Waals surface area (Å²) >= 11 is 1.26. The molecular formula is C48H47N5O10S. The standard InChI is InChI=1S/C48H47N5O10S/c1-3-41(54)60-29-13-7-5-11-27-58-36-21-17-33(18-22-36)46(56)62-40-31-35(32-51-53-48-52-44-45(64-48)50-26-25-49-44)43(39-16-10-9-15-38(39)40)63-47(57)34-19-23-37(24-20-34)59-28-12-6-8-14-30-61-42(55)4-2/h3-4,9-10,15-26,31-32H,1-2,5-8,11-14,27-30H2,(H,49,52,53)/b51-32+. The molecule has 6 aromatic rings. The third-order valence-electron chi connectivity index (χ3n) is 9.41. The van der Waals surface area contributed by atoms with E-state index in [1.54, 1.807) is 91.3 Å². The largest absolute Gasteiger partial charge is 0.494 e. The Morgan fingerprint density at radius 2 is 1.17 bits per heavy atom. The lowest BCUT2D eigenvalue weighted by atomic mass is 10.0. The molecule has 0 aliphatic rings. The molecule has 0 saturated heterocycles. The number of rotatable bonds is 25. The first-order valence-electron chi connectivity index (χ1n) is 20.7. The smallest absolute Gasteiger partial charge is 0.343 e. The molecule has 6 rings (SSSR count). The molecule has 16 heteroatoms. The Hall–Kier alpha value is -7.46. The van der Waals surface area contributed by atoms with Gasteiger partial charge in [-0.15, -0.1) is 0 Å². The summed E-state index contributed by atoms with van der Waals surface area (Å²) in [6.07, 6.45) is 13.6. The lowest BCUT2D eigenvalue weighted by Crippen LogP contribution is -2.12. The molecule has 0 atom stereocenters. The number of benzene rings is 4. The van der Waals surface area contributed by atoms with Crippen molar-refractivity contribution in [2.24, 2.45) is 5.10 Å². The summed E-state index contributed by atoms with van der Waals surface area (Å²) in [7, 11) is 0. The van der Waals surface area contributed by atoms with Gasteiger partial charge in [0.2, 0.25) is 5.13 Å². The van der Waals surface area contributed by atoms with Crippen LogP contribution in [-0.4, -0.2) is 71.5 Å². The van der Waals surface area contributed by atoms with Crippen molar-refractivity contribution in [3.05, 3.63) is 133 Å². The number of carbonyl (C=O) groups is 4. The number of ether oxygens (including phenoxy) is 6. The topological polar surface area (TPSA) is 187 Å². The number of aromatic nitrogens is 3. The Kier molecular flexibility index (Phi) is 17.4. The van der Waals surface area contributed by atoms with Gasteiger partial charge in [0, 0.05) is 40.9 Å². The lowest BCUT2D eigenvalue weighted by Gasteiger charge is -2.15. The van der Waals surface area contributed by atoms with E-state index in [0.717, 1.165) is 63.5 Å². The fraction of sp³-hybridized carbons (Fsp3) is 0.250. The first-order valence-corrected chi connectivity index (χ1v) is 21.5. The molecule has 0 bridgehead atoms. The van der Waals surface area contributed by atoms with Crippen molar-refractivity contribution >= 4 is 67.8 Å². The highest BCUT2D eigenvalue weighted by atomic mass is 32.1. The summed E-state index contributed by atoms with van der Waals surface area (Å²) in [5.74, 6) is -0.465. The number of anilines is 1. The Balaban J connectivity index is 1.12. The molecular weight excluding hydrogens is 839 g/mol. The molecule has 2 heterocycles. The predicted octanol–water partition coefficient (Wildman–Crippen LogP) is 9.46. The zero-order chi connectivity index (χ0) is 44.9. The van der Waals surface area contributed by atoms with E-state index in [-0.39, 0.29) is 17.1 Å². The molecule has 0 fully saturated rings. The molecule has 15 nitrogen and oxygen atoms in total. The van der Waals surface area contributed by atoms with Gasteiger partial charge in [0.05, 0.1) is 43.8 Å². The van der Waals surface area contributed by atoms with Crippen molar-refractivity contribution in [2.75, 3.05) is 31.9 Å². The third-order valence-corrected chi connectivity index (χ3v) is 10.3. The van der Waals surface area contributed by atoms with Gasteiger partial charge in [0.25, 0.3) is 0 Å². The van der Waals surface area contributed by atoms with Crippen molar-refractivity contribution in [1.82, 2.24) is 15.0 Å². The van der Waals surface area contributed by atoms with E-state index >= 15 is 0 Å². The molecule has 2 aromatic heterocycles. The second kappa shape index (κ2) is 24.2. The molecule has 0 spiro atoms. The van der Waals surface area contributed by atoms with Crippen LogP contribution in [0.1, 0.15) is 77.6 Å². The number of hydrazone groups is 1. The minimum atomic E-state index is -0.626. The molecule has 330 valence electrons. The van der Waals surface area contributed by atoms with Crippen LogP contribution in [0.2, 0.25) is 0 Å². The fourth-order valence-corrected chi connectivity index (χ4v) is 6.87. The van der Waals surface area contributed by atoms with Crippen LogP contribution >= 0.6 is 11.3 Å². The average molecular weight is 886 g/mol. The molecule has 0 radical (unpaired) electrons. The van der Waals surface area contributed by atoms with Gasteiger partial charge in [-0.25, -0.2) is 29.1 Å². The first kappa shape index (κ1) is 46.1. The number of carbonyl (C=O) groups excluding carboxylic acids is 4. The predicted molar refractivity (Wildman–Crippen MR) is 243 cm³/mol. The quantitative estimate of drug-likeness (QED) is 0.0143. The van der Waals surface area contributed by atoms with E-state index in [9.17, 15) is 19.2 Å². The monoisotopic (exact) mass is 885 g/mol. The third kappa shape index (κ3) is 13.8. The van der Waals surface area contributed by atoms with Crippen LogP contribution in [0.15, 0.2) is 122 Å². The number of esters is 4. The number of thiazole rings is 1. The number of nitrogens with zero attached hydrogens (tertiary/aromatic N) is 4. The van der Waals surface area contributed by atoms with Crippen LogP contribution in [0, 0.1) is 0 Å². The minimum Gasteiger partial charge on any atom is -0.494 e. The summed E-state index contributed by atoms with van der Waals surface area (Å²) < 4.78 is 33.8. The van der Waals surface area contributed by atoms with E-state index in [1.807, 2.05) is 0 Å². The van der Waals surface area contributed by atoms with Gasteiger partial charge in [0.15, 0.2) is 10.5 Å². The summed E-state index contributed by atoms with van der Waals surface area (Å²) in [5, 5.41) is 5.85. The molecule has 0 amide bonds. The van der Waals surface area contributed by atoms with Crippen molar-refractivity contribution in [1.29, 1.82) is 0 Å². The van der Waals surface area contributed by atoms with E-state index in [4.69, 9.17) is 28.4 Å². The Labute approximate surface area is 373 Å². The van der Waals surface area contributed by atoms with Gasteiger partial charge in [-0.05, 0) is 106 Å². The maximum Gasteiger partial charge on any atom is 0.343 e. The first-order chi connectivity index (χ1) is 31.3. The maximum absolute atomic E-state index is 13.7. The molecule has 64 heavy (non-hydrogen) atoms. The highest BCUT2D eigenvalue weighted by Gasteiger charge is 2.20. The summed E-state index contributed by atoms with van der Waals surface area (Å²) in [4.78, 5) is 63.1. The van der Waals surface area contributed by atoms with Crippen LogP contribution in [0.5, 0.6) is 23.0 Å². The maximum atomic E-state index is 13.7. The average Bonchev–Trinajstić information content (AvgIpc) is 3.74. The zero-order valence-corrected chi connectivity index (χ0v) is 35.9. The van der Waals surface area contributed by atoms with Gasteiger partial charge < -0.3 is 28.4 Å². The SMILES string of the molecule is C=CC(=O)OCCCCCCOc1ccc(C(=O)Oc2cc(/C=N/Nc3nc4nccnc4s3)c(OC(=O)c3ccc(OCCCCCCOC(=O)C=C)cc3)c3ccccc23)cc1. The van der Waals surface area contributed by atoms with Crippen LogP contribution in [0.25, 0.3) is 21.3 Å². The Bertz CT molecular complexity index is 2540.